The number of benzene rings is 2. The molecule has 0 saturated heterocycles. The van der Waals surface area contributed by atoms with E-state index in [2.05, 4.69) is 0 Å². The largest absolute Gasteiger partial charge is 0.425 e. The van der Waals surface area contributed by atoms with Crippen LogP contribution >= 0.6 is 0 Å². The molecule has 4 aliphatic carbocycles. The topological polar surface area (TPSA) is 52.6 Å². The molecule has 4 fully saturated rings. The lowest BCUT2D eigenvalue weighted by Crippen LogP contribution is -2.31. The van der Waals surface area contributed by atoms with E-state index in [0.717, 1.165) is 75.0 Å². The molecule has 0 radical (unpaired) electrons. The van der Waals surface area contributed by atoms with Gasteiger partial charge in [0.15, 0.2) is 0 Å². The van der Waals surface area contributed by atoms with Crippen LogP contribution in [-0.2, 0) is 9.59 Å². The second-order valence-electron chi connectivity index (χ2n) is 10.2. The van der Waals surface area contributed by atoms with Crippen molar-refractivity contribution in [3.63, 3.8) is 0 Å². The predicted molar refractivity (Wildman–Crippen MR) is 113 cm³/mol. The lowest BCUT2D eigenvalue weighted by atomic mass is 9.84. The summed E-state index contributed by atoms with van der Waals surface area (Å²) < 4.78 is 11.9. The summed E-state index contributed by atoms with van der Waals surface area (Å²) >= 11 is 0. The minimum atomic E-state index is -0.280. The summed E-state index contributed by atoms with van der Waals surface area (Å²) in [5, 5.41) is 1.65. The van der Waals surface area contributed by atoms with Gasteiger partial charge in [0.25, 0.3) is 0 Å². The van der Waals surface area contributed by atoms with Crippen LogP contribution < -0.4 is 9.47 Å². The number of esters is 2. The average molecular weight is 405 g/mol. The second kappa shape index (κ2) is 6.57. The van der Waals surface area contributed by atoms with Crippen LogP contribution in [0.1, 0.15) is 64.2 Å². The summed E-state index contributed by atoms with van der Waals surface area (Å²) in [7, 11) is 0. The van der Waals surface area contributed by atoms with E-state index in [4.69, 9.17) is 9.47 Å². The van der Waals surface area contributed by atoms with Gasteiger partial charge in [0, 0.05) is 10.8 Å². The van der Waals surface area contributed by atoms with Crippen LogP contribution in [0.5, 0.6) is 11.5 Å². The quantitative estimate of drug-likeness (QED) is 0.476. The Labute approximate surface area is 176 Å². The van der Waals surface area contributed by atoms with Crippen molar-refractivity contribution in [2.24, 2.45) is 22.7 Å². The molecule has 2 aromatic rings. The zero-order valence-electron chi connectivity index (χ0n) is 17.3. The highest BCUT2D eigenvalue weighted by atomic mass is 16.5. The molecule has 0 unspecified atom stereocenters. The molecule has 0 aromatic heterocycles. The molecule has 4 saturated carbocycles. The molecule has 2 aromatic carbocycles. The lowest BCUT2D eigenvalue weighted by molar-refractivity contribution is -0.146. The molecule has 0 amide bonds. The number of hydrogen-bond acceptors (Lipinski definition) is 4. The van der Waals surface area contributed by atoms with Crippen LogP contribution in [0.15, 0.2) is 36.4 Å². The number of rotatable bonds is 4. The van der Waals surface area contributed by atoms with Gasteiger partial charge in [-0.25, -0.2) is 0 Å². The third-order valence-corrected chi connectivity index (χ3v) is 8.60. The van der Waals surface area contributed by atoms with Gasteiger partial charge in [0.05, 0.1) is 10.8 Å². The van der Waals surface area contributed by atoms with Crippen LogP contribution in [0.25, 0.3) is 10.8 Å². The van der Waals surface area contributed by atoms with Gasteiger partial charge >= 0.3 is 11.9 Å². The number of carbonyl (C=O) groups excluding carboxylic acids is 2. The van der Waals surface area contributed by atoms with Gasteiger partial charge in [-0.15, -0.1) is 0 Å². The molecule has 6 rings (SSSR count). The number of carbonyl (C=O) groups is 2. The maximum Gasteiger partial charge on any atom is 0.317 e. The van der Waals surface area contributed by atoms with Gasteiger partial charge in [-0.2, -0.15) is 0 Å². The van der Waals surface area contributed by atoms with Crippen molar-refractivity contribution in [3.05, 3.63) is 36.4 Å². The van der Waals surface area contributed by atoms with Crippen molar-refractivity contribution in [1.82, 2.24) is 0 Å². The van der Waals surface area contributed by atoms with Crippen LogP contribution in [-0.4, -0.2) is 11.9 Å². The second-order valence-corrected chi connectivity index (χ2v) is 10.2. The van der Waals surface area contributed by atoms with Crippen molar-refractivity contribution in [3.8, 4) is 11.5 Å². The van der Waals surface area contributed by atoms with Crippen LogP contribution in [0.2, 0.25) is 0 Å². The third-order valence-electron chi connectivity index (χ3n) is 8.60. The molecular weight excluding hydrogens is 376 g/mol. The molecule has 4 aliphatic rings. The first-order valence-corrected chi connectivity index (χ1v) is 11.5. The molecule has 0 atom stereocenters. The standard InChI is InChI=1S/C26H28O4/c27-23(25-11-7-17(15-25)8-12-25)29-21-5-1-3-19-20(21)4-2-6-22(19)30-24(28)26-13-9-18(16-26)10-14-26/h1-6,17-18H,7-16H2. The van der Waals surface area contributed by atoms with E-state index < -0.39 is 0 Å². The first-order valence-electron chi connectivity index (χ1n) is 11.5. The SMILES string of the molecule is O=C(Oc1cccc2c(OC(=O)C34CCC(CC3)C4)cccc12)C12CCC(CC1)C2. The van der Waals surface area contributed by atoms with E-state index >= 15 is 0 Å². The number of hydrogen-bond donors (Lipinski definition) is 0. The van der Waals surface area contributed by atoms with Crippen molar-refractivity contribution >= 4 is 22.7 Å². The molecule has 156 valence electrons. The molecule has 30 heavy (non-hydrogen) atoms. The van der Waals surface area contributed by atoms with Gasteiger partial charge in [-0.1, -0.05) is 24.3 Å². The molecule has 4 bridgehead atoms. The Balaban J connectivity index is 1.28. The van der Waals surface area contributed by atoms with Crippen molar-refractivity contribution in [2.45, 2.75) is 64.2 Å². The first kappa shape index (κ1) is 18.4. The third kappa shape index (κ3) is 2.72. The fraction of sp³-hybridized carbons (Fsp3) is 0.538. The van der Waals surface area contributed by atoms with Crippen molar-refractivity contribution in [2.75, 3.05) is 0 Å². The Hall–Kier alpha value is -2.36. The van der Waals surface area contributed by atoms with E-state index in [1.807, 2.05) is 36.4 Å². The highest BCUT2D eigenvalue weighted by Gasteiger charge is 2.52. The molecule has 4 heteroatoms. The molecule has 0 N–H and O–H groups in total. The van der Waals surface area contributed by atoms with Gasteiger partial charge < -0.3 is 9.47 Å². The Morgan fingerprint density at radius 1 is 0.667 bits per heavy atom. The Morgan fingerprint density at radius 2 is 1.07 bits per heavy atom. The fourth-order valence-electron chi connectivity index (χ4n) is 6.80. The lowest BCUT2D eigenvalue weighted by Gasteiger charge is -2.25. The molecule has 0 heterocycles. The molecule has 0 spiro atoms. The zero-order chi connectivity index (χ0) is 20.3. The van der Waals surface area contributed by atoms with E-state index in [9.17, 15) is 9.59 Å². The van der Waals surface area contributed by atoms with E-state index in [0.29, 0.717) is 23.3 Å². The van der Waals surface area contributed by atoms with E-state index in [1.165, 1.54) is 0 Å². The Bertz CT molecular complexity index is 939. The van der Waals surface area contributed by atoms with Gasteiger partial charge in [0.2, 0.25) is 0 Å². The summed E-state index contributed by atoms with van der Waals surface area (Å²) in [6, 6.07) is 11.3. The smallest absolute Gasteiger partial charge is 0.317 e. The minimum Gasteiger partial charge on any atom is -0.425 e. The molecule has 0 aliphatic heterocycles. The normalized spacial score (nSPS) is 33.9. The maximum absolute atomic E-state index is 13.1. The molecular formula is C26H28O4. The Morgan fingerprint density at radius 3 is 1.40 bits per heavy atom. The maximum atomic E-state index is 13.1. The summed E-state index contributed by atoms with van der Waals surface area (Å²) in [6.45, 7) is 0. The van der Waals surface area contributed by atoms with Gasteiger partial charge in [-0.05, 0) is 88.2 Å². The fourth-order valence-corrected chi connectivity index (χ4v) is 6.80. The molecule has 4 nitrogen and oxygen atoms in total. The summed E-state index contributed by atoms with van der Waals surface area (Å²) in [5.41, 5.74) is -0.560. The van der Waals surface area contributed by atoms with Crippen molar-refractivity contribution < 1.29 is 19.1 Å². The Kier molecular flexibility index (Phi) is 4.03. The minimum absolute atomic E-state index is 0.0840. The van der Waals surface area contributed by atoms with E-state index in [-0.39, 0.29) is 22.8 Å². The average Bonchev–Trinajstić information content (AvgIpc) is 3.56. The monoisotopic (exact) mass is 404 g/mol. The van der Waals surface area contributed by atoms with Crippen LogP contribution in [0, 0.1) is 22.7 Å². The summed E-state index contributed by atoms with van der Waals surface area (Å²) in [6.07, 6.45) is 10.3. The first-order chi connectivity index (χ1) is 14.6. The number of ether oxygens (including phenoxy) is 2. The van der Waals surface area contributed by atoms with Crippen LogP contribution in [0.4, 0.5) is 0 Å². The van der Waals surface area contributed by atoms with Crippen LogP contribution in [0.3, 0.4) is 0 Å². The van der Waals surface area contributed by atoms with E-state index in [1.54, 1.807) is 0 Å². The van der Waals surface area contributed by atoms with Gasteiger partial charge in [0.1, 0.15) is 11.5 Å². The summed E-state index contributed by atoms with van der Waals surface area (Å²) in [5.74, 6) is 2.36. The zero-order valence-corrected chi connectivity index (χ0v) is 17.3. The highest BCUT2D eigenvalue weighted by molar-refractivity contribution is 5.96. The van der Waals surface area contributed by atoms with Crippen molar-refractivity contribution in [1.29, 1.82) is 0 Å². The predicted octanol–water partition coefficient (Wildman–Crippen LogP) is 5.81. The van der Waals surface area contributed by atoms with Gasteiger partial charge in [-0.3, -0.25) is 9.59 Å². The highest BCUT2D eigenvalue weighted by Crippen LogP contribution is 2.56. The number of fused-ring (bicyclic) bond motifs is 5. The summed E-state index contributed by atoms with van der Waals surface area (Å²) in [4.78, 5) is 26.1.